The molecule has 3 aromatic rings. The van der Waals surface area contributed by atoms with Crippen molar-refractivity contribution >= 4 is 17.6 Å². The third-order valence-electron chi connectivity index (χ3n) is 5.10. The topological polar surface area (TPSA) is 67.2 Å². The first kappa shape index (κ1) is 23.3. The van der Waals surface area contributed by atoms with Crippen molar-refractivity contribution in [1.82, 2.24) is 14.7 Å². The van der Waals surface area contributed by atoms with E-state index in [2.05, 4.69) is 12.2 Å². The predicted octanol–water partition coefficient (Wildman–Crippen LogP) is 5.15. The molecule has 2 aromatic carbocycles. The van der Waals surface area contributed by atoms with Gasteiger partial charge in [-0.15, -0.1) is 0 Å². The van der Waals surface area contributed by atoms with E-state index in [0.717, 1.165) is 29.8 Å². The second-order valence-corrected chi connectivity index (χ2v) is 8.34. The van der Waals surface area contributed by atoms with Crippen molar-refractivity contribution in [2.24, 2.45) is 5.92 Å². The number of amides is 2. The van der Waals surface area contributed by atoms with Gasteiger partial charge in [-0.2, -0.15) is 5.10 Å². The van der Waals surface area contributed by atoms with Crippen LogP contribution in [0.4, 0.5) is 5.82 Å². The highest BCUT2D eigenvalue weighted by Gasteiger charge is 2.20. The number of aromatic nitrogens is 2. The molecule has 0 aliphatic heterocycles. The van der Waals surface area contributed by atoms with Gasteiger partial charge < -0.3 is 10.2 Å². The van der Waals surface area contributed by atoms with Crippen molar-refractivity contribution in [2.75, 3.05) is 18.4 Å². The Bertz CT molecular complexity index is 1010. The number of carbonyl (C=O) groups is 2. The van der Waals surface area contributed by atoms with Crippen molar-refractivity contribution in [3.8, 4) is 16.9 Å². The zero-order valence-electron chi connectivity index (χ0n) is 19.1. The summed E-state index contributed by atoms with van der Waals surface area (Å²) in [7, 11) is 0. The molecule has 0 radical (unpaired) electrons. The van der Waals surface area contributed by atoms with Gasteiger partial charge >= 0.3 is 0 Å². The lowest BCUT2D eigenvalue weighted by Crippen LogP contribution is -2.39. The molecule has 6 nitrogen and oxygen atoms in total. The molecule has 0 aliphatic rings. The highest BCUT2D eigenvalue weighted by Crippen LogP contribution is 2.24. The molecule has 32 heavy (non-hydrogen) atoms. The monoisotopic (exact) mass is 432 g/mol. The molecular formula is C26H32N4O2. The first-order chi connectivity index (χ1) is 15.5. The van der Waals surface area contributed by atoms with Crippen LogP contribution in [0.2, 0.25) is 0 Å². The van der Waals surface area contributed by atoms with Crippen LogP contribution >= 0.6 is 0 Å². The average Bonchev–Trinajstić information content (AvgIpc) is 3.21. The van der Waals surface area contributed by atoms with Gasteiger partial charge in [-0.25, -0.2) is 4.68 Å². The van der Waals surface area contributed by atoms with Crippen LogP contribution in [0.3, 0.4) is 0 Å². The van der Waals surface area contributed by atoms with E-state index in [1.54, 1.807) is 9.58 Å². The molecule has 3 rings (SSSR count). The maximum Gasteiger partial charge on any atom is 0.245 e. The standard InChI is InChI=1S/C26H32N4O2/c1-4-5-16-29(26(32)17-20(2)3)19-25(31)27-24-18-23(21-12-8-6-9-13-21)28-30(24)22-14-10-7-11-15-22/h6-15,18,20H,4-5,16-17,19H2,1-3H3,(H,27,31). The third kappa shape index (κ3) is 6.30. The van der Waals surface area contributed by atoms with Crippen LogP contribution < -0.4 is 5.32 Å². The number of nitrogens with zero attached hydrogens (tertiary/aromatic N) is 3. The normalized spacial score (nSPS) is 10.9. The van der Waals surface area contributed by atoms with E-state index in [9.17, 15) is 9.59 Å². The molecule has 1 N–H and O–H groups in total. The van der Waals surface area contributed by atoms with Crippen LogP contribution in [-0.2, 0) is 9.59 Å². The molecular weight excluding hydrogens is 400 g/mol. The van der Waals surface area contributed by atoms with Gasteiger partial charge in [0, 0.05) is 24.6 Å². The van der Waals surface area contributed by atoms with Gasteiger partial charge in [0.1, 0.15) is 5.82 Å². The molecule has 1 aromatic heterocycles. The minimum absolute atomic E-state index is 0.0186. The SMILES string of the molecule is CCCCN(CC(=O)Nc1cc(-c2ccccc2)nn1-c1ccccc1)C(=O)CC(C)C. The number of benzene rings is 2. The van der Waals surface area contributed by atoms with Crippen molar-refractivity contribution in [3.63, 3.8) is 0 Å². The summed E-state index contributed by atoms with van der Waals surface area (Å²) in [5.74, 6) is 0.620. The van der Waals surface area contributed by atoms with Gasteiger partial charge in [0.25, 0.3) is 0 Å². The first-order valence-electron chi connectivity index (χ1n) is 11.3. The van der Waals surface area contributed by atoms with Crippen molar-refractivity contribution in [3.05, 3.63) is 66.7 Å². The lowest BCUT2D eigenvalue weighted by atomic mass is 10.1. The van der Waals surface area contributed by atoms with Gasteiger partial charge in [-0.05, 0) is 24.5 Å². The summed E-state index contributed by atoms with van der Waals surface area (Å²) in [6.07, 6.45) is 2.28. The Morgan fingerprint density at radius 3 is 2.31 bits per heavy atom. The average molecular weight is 433 g/mol. The number of hydrogen-bond acceptors (Lipinski definition) is 3. The van der Waals surface area contributed by atoms with Crippen molar-refractivity contribution < 1.29 is 9.59 Å². The molecule has 0 atom stereocenters. The summed E-state index contributed by atoms with van der Waals surface area (Å²) >= 11 is 0. The van der Waals surface area contributed by atoms with E-state index < -0.39 is 0 Å². The summed E-state index contributed by atoms with van der Waals surface area (Å²) in [6, 6.07) is 21.4. The Hall–Kier alpha value is -3.41. The van der Waals surface area contributed by atoms with E-state index in [1.165, 1.54) is 0 Å². The number of nitrogens with one attached hydrogen (secondary N) is 1. The summed E-state index contributed by atoms with van der Waals surface area (Å²) in [5, 5.41) is 7.71. The lowest BCUT2D eigenvalue weighted by molar-refractivity contribution is -0.135. The lowest BCUT2D eigenvalue weighted by Gasteiger charge is -2.23. The van der Waals surface area contributed by atoms with Gasteiger partial charge in [0.2, 0.25) is 11.8 Å². The number of unbranched alkanes of at least 4 members (excludes halogenated alkanes) is 1. The van der Waals surface area contributed by atoms with Gasteiger partial charge in [0.05, 0.1) is 17.9 Å². The number of carbonyl (C=O) groups excluding carboxylic acids is 2. The Morgan fingerprint density at radius 1 is 1.03 bits per heavy atom. The van der Waals surface area contributed by atoms with E-state index in [1.807, 2.05) is 80.6 Å². The molecule has 2 amide bonds. The van der Waals surface area contributed by atoms with E-state index in [4.69, 9.17) is 5.10 Å². The van der Waals surface area contributed by atoms with E-state index in [0.29, 0.717) is 18.8 Å². The Kier molecular flexibility index (Phi) is 8.20. The molecule has 0 saturated carbocycles. The summed E-state index contributed by atoms with van der Waals surface area (Å²) in [5.41, 5.74) is 2.58. The number of rotatable bonds is 10. The van der Waals surface area contributed by atoms with Crippen molar-refractivity contribution in [2.45, 2.75) is 40.0 Å². The molecule has 6 heteroatoms. The minimum Gasteiger partial charge on any atom is -0.333 e. The van der Waals surface area contributed by atoms with Crippen LogP contribution in [0.1, 0.15) is 40.0 Å². The minimum atomic E-state index is -0.227. The van der Waals surface area contributed by atoms with Crippen LogP contribution in [0.25, 0.3) is 16.9 Å². The van der Waals surface area contributed by atoms with Crippen LogP contribution in [-0.4, -0.2) is 39.6 Å². The smallest absolute Gasteiger partial charge is 0.245 e. The fourth-order valence-corrected chi connectivity index (χ4v) is 3.46. The summed E-state index contributed by atoms with van der Waals surface area (Å²) in [4.78, 5) is 27.3. The molecule has 0 bridgehead atoms. The zero-order chi connectivity index (χ0) is 22.9. The predicted molar refractivity (Wildman–Crippen MR) is 129 cm³/mol. The molecule has 0 aliphatic carbocycles. The molecule has 0 spiro atoms. The van der Waals surface area contributed by atoms with Crippen LogP contribution in [0, 0.1) is 5.92 Å². The maximum absolute atomic E-state index is 13.0. The van der Waals surface area contributed by atoms with Gasteiger partial charge in [-0.1, -0.05) is 75.7 Å². The molecule has 0 fully saturated rings. The fraction of sp³-hybridized carbons (Fsp3) is 0.346. The maximum atomic E-state index is 13.0. The largest absolute Gasteiger partial charge is 0.333 e. The highest BCUT2D eigenvalue weighted by atomic mass is 16.2. The first-order valence-corrected chi connectivity index (χ1v) is 11.3. The van der Waals surface area contributed by atoms with E-state index in [-0.39, 0.29) is 24.3 Å². The fourth-order valence-electron chi connectivity index (χ4n) is 3.46. The van der Waals surface area contributed by atoms with Crippen LogP contribution in [0.15, 0.2) is 66.7 Å². The molecule has 0 saturated heterocycles. The molecule has 0 unspecified atom stereocenters. The summed E-state index contributed by atoms with van der Waals surface area (Å²) < 4.78 is 1.73. The van der Waals surface area contributed by atoms with E-state index >= 15 is 0 Å². The highest BCUT2D eigenvalue weighted by molar-refractivity contribution is 5.94. The quantitative estimate of drug-likeness (QED) is 0.482. The Balaban J connectivity index is 1.83. The Labute approximate surface area is 190 Å². The summed E-state index contributed by atoms with van der Waals surface area (Å²) in [6.45, 7) is 6.72. The second-order valence-electron chi connectivity index (χ2n) is 8.34. The number of para-hydroxylation sites is 1. The van der Waals surface area contributed by atoms with Gasteiger partial charge in [-0.3, -0.25) is 9.59 Å². The number of hydrogen-bond donors (Lipinski definition) is 1. The Morgan fingerprint density at radius 2 is 1.69 bits per heavy atom. The van der Waals surface area contributed by atoms with Crippen molar-refractivity contribution in [1.29, 1.82) is 0 Å². The van der Waals surface area contributed by atoms with Crippen LogP contribution in [0.5, 0.6) is 0 Å². The molecule has 168 valence electrons. The third-order valence-corrected chi connectivity index (χ3v) is 5.10. The number of anilines is 1. The second kappa shape index (κ2) is 11.3. The van der Waals surface area contributed by atoms with Gasteiger partial charge in [0.15, 0.2) is 0 Å². The zero-order valence-corrected chi connectivity index (χ0v) is 19.1. The molecule has 1 heterocycles.